The van der Waals surface area contributed by atoms with E-state index < -0.39 is 0 Å². The van der Waals surface area contributed by atoms with Crippen LogP contribution in [0.1, 0.15) is 51.6 Å². The average Bonchev–Trinajstić information content (AvgIpc) is 2.72. The first-order valence-electron chi connectivity index (χ1n) is 7.35. The Kier molecular flexibility index (Phi) is 4.50. The summed E-state index contributed by atoms with van der Waals surface area (Å²) in [4.78, 5) is 0. The molecule has 3 atom stereocenters. The lowest BCUT2D eigenvalue weighted by Crippen LogP contribution is -2.42. The molecule has 0 spiro atoms. The third kappa shape index (κ3) is 3.38. The first-order chi connectivity index (χ1) is 8.56. The smallest absolute Gasteiger partial charge is 0.117 e. The van der Waals surface area contributed by atoms with Crippen LogP contribution in [-0.2, 0) is 6.54 Å². The summed E-state index contributed by atoms with van der Waals surface area (Å²) in [6, 6.07) is 4.78. The Morgan fingerprint density at radius 2 is 2.11 bits per heavy atom. The molecule has 1 aromatic rings. The summed E-state index contributed by atoms with van der Waals surface area (Å²) in [6.07, 6.45) is 4.07. The van der Waals surface area contributed by atoms with Crippen LogP contribution in [0.15, 0.2) is 16.5 Å². The van der Waals surface area contributed by atoms with Crippen molar-refractivity contribution in [2.75, 3.05) is 0 Å². The van der Waals surface area contributed by atoms with Crippen molar-refractivity contribution in [1.29, 1.82) is 0 Å². The number of nitrogens with one attached hydrogen (secondary N) is 1. The molecule has 0 bridgehead atoms. The van der Waals surface area contributed by atoms with Gasteiger partial charge in [-0.05, 0) is 49.7 Å². The van der Waals surface area contributed by atoms with Gasteiger partial charge < -0.3 is 9.73 Å². The highest BCUT2D eigenvalue weighted by molar-refractivity contribution is 5.05. The van der Waals surface area contributed by atoms with E-state index in [9.17, 15) is 0 Å². The highest BCUT2D eigenvalue weighted by Gasteiger charge is 2.30. The summed E-state index contributed by atoms with van der Waals surface area (Å²) < 4.78 is 5.63. The molecular formula is C16H27NO. The number of aryl methyl sites for hydroxylation is 1. The lowest BCUT2D eigenvalue weighted by Gasteiger charge is -2.37. The SMILES string of the molecule is Cc1ccc(CNC2CC(C)CCC2C(C)C)o1. The second kappa shape index (κ2) is 5.92. The summed E-state index contributed by atoms with van der Waals surface area (Å²) in [5.74, 6) is 4.51. The van der Waals surface area contributed by atoms with Gasteiger partial charge in [-0.1, -0.05) is 27.2 Å². The molecule has 0 aromatic carbocycles. The van der Waals surface area contributed by atoms with E-state index in [4.69, 9.17) is 4.42 Å². The van der Waals surface area contributed by atoms with E-state index in [2.05, 4.69) is 32.2 Å². The van der Waals surface area contributed by atoms with Crippen LogP contribution in [0.25, 0.3) is 0 Å². The van der Waals surface area contributed by atoms with Gasteiger partial charge in [-0.3, -0.25) is 0 Å². The van der Waals surface area contributed by atoms with Crippen LogP contribution in [0.4, 0.5) is 0 Å². The molecule has 18 heavy (non-hydrogen) atoms. The zero-order chi connectivity index (χ0) is 13.1. The maximum absolute atomic E-state index is 5.63. The largest absolute Gasteiger partial charge is 0.465 e. The minimum atomic E-state index is 0.652. The Labute approximate surface area is 111 Å². The standard InChI is InChI=1S/C16H27NO/c1-11(2)15-8-5-12(3)9-16(15)17-10-14-7-6-13(4)18-14/h6-7,11-12,15-17H,5,8-10H2,1-4H3. The molecule has 1 aromatic heterocycles. The van der Waals surface area contributed by atoms with Crippen LogP contribution in [0.3, 0.4) is 0 Å². The van der Waals surface area contributed by atoms with Gasteiger partial charge in [0.25, 0.3) is 0 Å². The highest BCUT2D eigenvalue weighted by atomic mass is 16.3. The molecule has 102 valence electrons. The number of hydrogen-bond donors (Lipinski definition) is 1. The molecule has 1 fully saturated rings. The summed E-state index contributed by atoms with van der Waals surface area (Å²) in [5.41, 5.74) is 0. The highest BCUT2D eigenvalue weighted by Crippen LogP contribution is 2.33. The first kappa shape index (κ1) is 13.7. The van der Waals surface area contributed by atoms with Crippen LogP contribution in [-0.4, -0.2) is 6.04 Å². The van der Waals surface area contributed by atoms with Crippen molar-refractivity contribution in [1.82, 2.24) is 5.32 Å². The van der Waals surface area contributed by atoms with Gasteiger partial charge in [-0.15, -0.1) is 0 Å². The molecule has 0 saturated heterocycles. The fraction of sp³-hybridized carbons (Fsp3) is 0.750. The Morgan fingerprint density at radius 3 is 2.72 bits per heavy atom. The molecule has 2 rings (SSSR count). The van der Waals surface area contributed by atoms with Crippen LogP contribution in [0, 0.1) is 24.7 Å². The van der Waals surface area contributed by atoms with Crippen molar-refractivity contribution in [3.8, 4) is 0 Å². The number of furan rings is 1. The molecule has 1 aliphatic carbocycles. The second-order valence-electron chi connectivity index (χ2n) is 6.33. The van der Waals surface area contributed by atoms with Crippen molar-refractivity contribution >= 4 is 0 Å². The molecule has 1 aliphatic rings. The fourth-order valence-corrected chi connectivity index (χ4v) is 3.25. The van der Waals surface area contributed by atoms with Gasteiger partial charge in [-0.25, -0.2) is 0 Å². The molecule has 1 saturated carbocycles. The Bertz CT molecular complexity index is 369. The topological polar surface area (TPSA) is 25.2 Å². The van der Waals surface area contributed by atoms with Crippen LogP contribution >= 0.6 is 0 Å². The van der Waals surface area contributed by atoms with E-state index in [-0.39, 0.29) is 0 Å². The van der Waals surface area contributed by atoms with Gasteiger partial charge in [-0.2, -0.15) is 0 Å². The Hall–Kier alpha value is -0.760. The monoisotopic (exact) mass is 249 g/mol. The van der Waals surface area contributed by atoms with Gasteiger partial charge in [0.15, 0.2) is 0 Å². The molecule has 0 aliphatic heterocycles. The molecule has 1 N–H and O–H groups in total. The predicted octanol–water partition coefficient (Wildman–Crippen LogP) is 4.14. The summed E-state index contributed by atoms with van der Waals surface area (Å²) >= 11 is 0. The van der Waals surface area contributed by atoms with Gasteiger partial charge in [0, 0.05) is 6.04 Å². The molecule has 3 unspecified atom stereocenters. The zero-order valence-corrected chi connectivity index (χ0v) is 12.2. The van der Waals surface area contributed by atoms with E-state index in [1.807, 2.05) is 13.0 Å². The normalized spacial score (nSPS) is 28.8. The molecular weight excluding hydrogens is 222 g/mol. The fourth-order valence-electron chi connectivity index (χ4n) is 3.25. The quantitative estimate of drug-likeness (QED) is 0.867. The maximum atomic E-state index is 5.63. The number of hydrogen-bond acceptors (Lipinski definition) is 2. The summed E-state index contributed by atoms with van der Waals surface area (Å²) in [7, 11) is 0. The average molecular weight is 249 g/mol. The lowest BCUT2D eigenvalue weighted by molar-refractivity contribution is 0.166. The van der Waals surface area contributed by atoms with E-state index in [0.29, 0.717) is 6.04 Å². The molecule has 0 radical (unpaired) electrons. The van der Waals surface area contributed by atoms with Crippen molar-refractivity contribution in [3.63, 3.8) is 0 Å². The predicted molar refractivity (Wildman–Crippen MR) is 75.4 cm³/mol. The summed E-state index contributed by atoms with van der Waals surface area (Å²) in [5, 5.41) is 3.72. The first-order valence-corrected chi connectivity index (χ1v) is 7.35. The van der Waals surface area contributed by atoms with E-state index in [0.717, 1.165) is 35.8 Å². The molecule has 2 nitrogen and oxygen atoms in total. The molecule has 2 heteroatoms. The lowest BCUT2D eigenvalue weighted by atomic mass is 9.74. The van der Waals surface area contributed by atoms with E-state index in [1.165, 1.54) is 19.3 Å². The molecule has 1 heterocycles. The zero-order valence-electron chi connectivity index (χ0n) is 12.2. The van der Waals surface area contributed by atoms with E-state index in [1.54, 1.807) is 0 Å². The van der Waals surface area contributed by atoms with Crippen molar-refractivity contribution in [2.45, 2.75) is 59.5 Å². The third-order valence-corrected chi connectivity index (χ3v) is 4.36. The Balaban J connectivity index is 1.92. The third-order valence-electron chi connectivity index (χ3n) is 4.36. The van der Waals surface area contributed by atoms with E-state index >= 15 is 0 Å². The second-order valence-corrected chi connectivity index (χ2v) is 6.33. The van der Waals surface area contributed by atoms with Gasteiger partial charge >= 0.3 is 0 Å². The van der Waals surface area contributed by atoms with Crippen LogP contribution < -0.4 is 5.32 Å². The minimum absolute atomic E-state index is 0.652. The van der Waals surface area contributed by atoms with Gasteiger partial charge in [0.05, 0.1) is 6.54 Å². The van der Waals surface area contributed by atoms with Crippen molar-refractivity contribution in [2.24, 2.45) is 17.8 Å². The van der Waals surface area contributed by atoms with Crippen LogP contribution in [0.2, 0.25) is 0 Å². The molecule has 0 amide bonds. The van der Waals surface area contributed by atoms with Gasteiger partial charge in [0.2, 0.25) is 0 Å². The minimum Gasteiger partial charge on any atom is -0.465 e. The van der Waals surface area contributed by atoms with Crippen LogP contribution in [0.5, 0.6) is 0 Å². The Morgan fingerprint density at radius 1 is 1.33 bits per heavy atom. The van der Waals surface area contributed by atoms with Gasteiger partial charge in [0.1, 0.15) is 11.5 Å². The van der Waals surface area contributed by atoms with Crippen molar-refractivity contribution < 1.29 is 4.42 Å². The summed E-state index contributed by atoms with van der Waals surface area (Å²) in [6.45, 7) is 9.96. The maximum Gasteiger partial charge on any atom is 0.117 e. The number of rotatable bonds is 4. The van der Waals surface area contributed by atoms with Crippen molar-refractivity contribution in [3.05, 3.63) is 23.7 Å².